The van der Waals surface area contributed by atoms with Gasteiger partial charge in [-0.25, -0.2) is 0 Å². The van der Waals surface area contributed by atoms with E-state index in [1.165, 1.54) is 24.8 Å². The number of nitrogens with two attached hydrogens (primary N) is 1. The molecule has 3 nitrogen and oxygen atoms in total. The third-order valence-corrected chi connectivity index (χ3v) is 4.61. The van der Waals surface area contributed by atoms with E-state index in [1.807, 2.05) is 0 Å². The van der Waals surface area contributed by atoms with Crippen molar-refractivity contribution in [1.29, 1.82) is 0 Å². The van der Waals surface area contributed by atoms with Crippen molar-refractivity contribution in [2.24, 2.45) is 11.7 Å². The van der Waals surface area contributed by atoms with Crippen molar-refractivity contribution in [2.75, 3.05) is 0 Å². The summed E-state index contributed by atoms with van der Waals surface area (Å²) in [5.74, 6) is -0.0343. The molecule has 1 amide bonds. The molecule has 3 heteroatoms. The van der Waals surface area contributed by atoms with Crippen molar-refractivity contribution in [3.05, 3.63) is 35.9 Å². The lowest BCUT2D eigenvalue weighted by Gasteiger charge is -2.31. The summed E-state index contributed by atoms with van der Waals surface area (Å²) in [5.41, 5.74) is 6.79. The van der Waals surface area contributed by atoms with Gasteiger partial charge in [0, 0.05) is 18.0 Å². The molecule has 0 spiro atoms. The highest BCUT2D eigenvalue weighted by molar-refractivity contribution is 5.76. The number of carbonyl (C=O) groups excluding carboxylic acids is 1. The van der Waals surface area contributed by atoms with Crippen LogP contribution in [0.4, 0.5) is 0 Å². The first-order valence-corrected chi connectivity index (χ1v) is 8.31. The maximum atomic E-state index is 11.2. The number of hydrogen-bond donors (Lipinski definition) is 2. The number of nitrogens with one attached hydrogen (secondary N) is 1. The van der Waals surface area contributed by atoms with Crippen LogP contribution in [0, 0.1) is 5.92 Å². The Morgan fingerprint density at radius 2 is 1.90 bits per heavy atom. The van der Waals surface area contributed by atoms with Crippen molar-refractivity contribution in [2.45, 2.75) is 64.0 Å². The van der Waals surface area contributed by atoms with E-state index in [-0.39, 0.29) is 11.8 Å². The van der Waals surface area contributed by atoms with Crippen LogP contribution in [-0.2, 0) is 4.79 Å². The molecule has 1 fully saturated rings. The second-order valence-electron chi connectivity index (χ2n) is 6.22. The predicted octanol–water partition coefficient (Wildman–Crippen LogP) is 3.55. The molecule has 0 aliphatic heterocycles. The second kappa shape index (κ2) is 8.18. The summed E-state index contributed by atoms with van der Waals surface area (Å²) in [6.07, 6.45) is 7.62. The SMILES string of the molecule is CCCCC(NC1CCC(C(N)=O)CC1)c1ccccc1. The van der Waals surface area contributed by atoms with Crippen molar-refractivity contribution in [3.8, 4) is 0 Å². The topological polar surface area (TPSA) is 55.1 Å². The molecule has 1 aromatic carbocycles. The first-order valence-electron chi connectivity index (χ1n) is 8.31. The molecule has 116 valence electrons. The molecule has 1 aliphatic carbocycles. The van der Waals surface area contributed by atoms with Crippen LogP contribution in [-0.4, -0.2) is 11.9 Å². The van der Waals surface area contributed by atoms with E-state index in [0.29, 0.717) is 12.1 Å². The van der Waals surface area contributed by atoms with Crippen LogP contribution < -0.4 is 11.1 Å². The van der Waals surface area contributed by atoms with Gasteiger partial charge in [0.05, 0.1) is 0 Å². The van der Waals surface area contributed by atoms with Gasteiger partial charge in [0.15, 0.2) is 0 Å². The number of benzene rings is 1. The lowest BCUT2D eigenvalue weighted by molar-refractivity contribution is -0.122. The quantitative estimate of drug-likeness (QED) is 0.806. The average Bonchev–Trinajstić information content (AvgIpc) is 2.52. The number of hydrogen-bond acceptors (Lipinski definition) is 2. The normalized spacial score (nSPS) is 23.7. The fourth-order valence-electron chi connectivity index (χ4n) is 3.27. The molecule has 1 aliphatic rings. The lowest BCUT2D eigenvalue weighted by atomic mass is 9.85. The molecular weight excluding hydrogens is 260 g/mol. The van der Waals surface area contributed by atoms with Gasteiger partial charge < -0.3 is 11.1 Å². The Hall–Kier alpha value is -1.35. The number of primary amides is 1. The van der Waals surface area contributed by atoms with Gasteiger partial charge in [0.25, 0.3) is 0 Å². The zero-order valence-electron chi connectivity index (χ0n) is 13.1. The standard InChI is InChI=1S/C18H28N2O/c1-2-3-9-17(14-7-5-4-6-8-14)20-16-12-10-15(11-13-16)18(19)21/h4-8,15-17,20H,2-3,9-13H2,1H3,(H2,19,21). The molecule has 21 heavy (non-hydrogen) atoms. The number of amides is 1. The van der Waals surface area contributed by atoms with Gasteiger partial charge in [-0.3, -0.25) is 4.79 Å². The van der Waals surface area contributed by atoms with Crippen molar-refractivity contribution < 1.29 is 4.79 Å². The Bertz CT molecular complexity index is 424. The van der Waals surface area contributed by atoms with Crippen LogP contribution in [0.25, 0.3) is 0 Å². The summed E-state index contributed by atoms with van der Waals surface area (Å²) in [5, 5.41) is 3.81. The highest BCUT2D eigenvalue weighted by atomic mass is 16.1. The van der Waals surface area contributed by atoms with E-state index < -0.39 is 0 Å². The van der Waals surface area contributed by atoms with Crippen LogP contribution in [0.2, 0.25) is 0 Å². The summed E-state index contributed by atoms with van der Waals surface area (Å²) in [6.45, 7) is 2.24. The van der Waals surface area contributed by atoms with Crippen molar-refractivity contribution in [3.63, 3.8) is 0 Å². The van der Waals surface area contributed by atoms with E-state index in [0.717, 1.165) is 25.7 Å². The molecule has 0 heterocycles. The van der Waals surface area contributed by atoms with E-state index in [4.69, 9.17) is 5.73 Å². The molecule has 2 rings (SSSR count). The first kappa shape index (κ1) is 16.0. The summed E-state index contributed by atoms with van der Waals surface area (Å²) >= 11 is 0. The molecule has 1 saturated carbocycles. The van der Waals surface area contributed by atoms with Gasteiger partial charge in [0.2, 0.25) is 5.91 Å². The van der Waals surface area contributed by atoms with Gasteiger partial charge in [0.1, 0.15) is 0 Å². The van der Waals surface area contributed by atoms with E-state index in [2.05, 4.69) is 42.6 Å². The van der Waals surface area contributed by atoms with Crippen molar-refractivity contribution in [1.82, 2.24) is 5.32 Å². The van der Waals surface area contributed by atoms with Crippen LogP contribution in [0.15, 0.2) is 30.3 Å². The van der Waals surface area contributed by atoms with Crippen LogP contribution in [0.3, 0.4) is 0 Å². The zero-order chi connectivity index (χ0) is 15.1. The maximum absolute atomic E-state index is 11.2. The van der Waals surface area contributed by atoms with E-state index >= 15 is 0 Å². The minimum atomic E-state index is -0.126. The molecule has 0 aromatic heterocycles. The van der Waals surface area contributed by atoms with Crippen LogP contribution >= 0.6 is 0 Å². The Balaban J connectivity index is 1.92. The highest BCUT2D eigenvalue weighted by Gasteiger charge is 2.26. The Labute approximate surface area is 128 Å². The lowest BCUT2D eigenvalue weighted by Crippen LogP contribution is -2.38. The molecule has 0 saturated heterocycles. The smallest absolute Gasteiger partial charge is 0.220 e. The fourth-order valence-corrected chi connectivity index (χ4v) is 3.27. The van der Waals surface area contributed by atoms with Gasteiger partial charge in [-0.1, -0.05) is 50.1 Å². The maximum Gasteiger partial charge on any atom is 0.220 e. The molecule has 0 radical (unpaired) electrons. The Kier molecular flexibility index (Phi) is 6.24. The van der Waals surface area contributed by atoms with Gasteiger partial charge in [-0.15, -0.1) is 0 Å². The minimum absolute atomic E-state index is 0.0915. The summed E-state index contributed by atoms with van der Waals surface area (Å²) in [6, 6.07) is 11.7. The average molecular weight is 288 g/mol. The Morgan fingerprint density at radius 1 is 1.24 bits per heavy atom. The second-order valence-corrected chi connectivity index (χ2v) is 6.22. The zero-order valence-corrected chi connectivity index (χ0v) is 13.1. The molecule has 3 N–H and O–H groups in total. The highest BCUT2D eigenvalue weighted by Crippen LogP contribution is 2.27. The minimum Gasteiger partial charge on any atom is -0.369 e. The van der Waals surface area contributed by atoms with Crippen LogP contribution in [0.5, 0.6) is 0 Å². The third-order valence-electron chi connectivity index (χ3n) is 4.61. The first-order chi connectivity index (χ1) is 10.2. The summed E-state index contributed by atoms with van der Waals surface area (Å²) < 4.78 is 0. The van der Waals surface area contributed by atoms with E-state index in [9.17, 15) is 4.79 Å². The number of unbranched alkanes of at least 4 members (excludes halogenated alkanes) is 1. The molecule has 1 atom stereocenters. The van der Waals surface area contributed by atoms with Gasteiger partial charge in [-0.05, 0) is 37.7 Å². The largest absolute Gasteiger partial charge is 0.369 e. The van der Waals surface area contributed by atoms with Gasteiger partial charge in [-0.2, -0.15) is 0 Å². The van der Waals surface area contributed by atoms with Crippen LogP contribution in [0.1, 0.15) is 63.5 Å². The summed E-state index contributed by atoms with van der Waals surface area (Å²) in [7, 11) is 0. The van der Waals surface area contributed by atoms with Crippen molar-refractivity contribution >= 4 is 5.91 Å². The number of rotatable bonds is 7. The Morgan fingerprint density at radius 3 is 2.48 bits per heavy atom. The molecule has 1 aromatic rings. The molecular formula is C18H28N2O. The fraction of sp³-hybridized carbons (Fsp3) is 0.611. The molecule has 1 unspecified atom stereocenters. The summed E-state index contributed by atoms with van der Waals surface area (Å²) in [4.78, 5) is 11.2. The number of carbonyl (C=O) groups is 1. The van der Waals surface area contributed by atoms with Gasteiger partial charge >= 0.3 is 0 Å². The predicted molar refractivity (Wildman–Crippen MR) is 86.8 cm³/mol. The monoisotopic (exact) mass is 288 g/mol. The third kappa shape index (κ3) is 4.85. The van der Waals surface area contributed by atoms with E-state index in [1.54, 1.807) is 0 Å². The molecule has 0 bridgehead atoms.